The van der Waals surface area contributed by atoms with Crippen LogP contribution in [0, 0.1) is 11.8 Å². The Hall–Kier alpha value is 0.738. The van der Waals surface area contributed by atoms with Crippen molar-refractivity contribution in [1.82, 2.24) is 19.6 Å². The van der Waals surface area contributed by atoms with Crippen LogP contribution in [-0.2, 0) is 35.4 Å². The molecule has 0 spiro atoms. The van der Waals surface area contributed by atoms with Crippen molar-refractivity contribution in [2.24, 2.45) is 11.8 Å². The highest BCUT2D eigenvalue weighted by molar-refractivity contribution is 8.02. The fourth-order valence-electron chi connectivity index (χ4n) is 7.98. The minimum atomic E-state index is -1.27. The van der Waals surface area contributed by atoms with Crippen molar-refractivity contribution in [3.8, 4) is 0 Å². The first kappa shape index (κ1) is 55.7. The van der Waals surface area contributed by atoms with Gasteiger partial charge in [0, 0.05) is 70.0 Å². The third-order valence-corrected chi connectivity index (χ3v) is 20.2. The lowest BCUT2D eigenvalue weighted by molar-refractivity contribution is 0.0612. The molecule has 0 aliphatic rings. The molecule has 12 nitrogen and oxygen atoms in total. The zero-order valence-electron chi connectivity index (χ0n) is 38.3. The quantitative estimate of drug-likeness (QED) is 0.0508. The van der Waals surface area contributed by atoms with Gasteiger partial charge in [-0.1, -0.05) is 54.4 Å². The van der Waals surface area contributed by atoms with E-state index in [0.29, 0.717) is 11.8 Å². The van der Waals surface area contributed by atoms with E-state index in [0.717, 1.165) is 115 Å². The number of hydrogen-bond acceptors (Lipinski definition) is 13. The first-order valence-electron chi connectivity index (χ1n) is 20.7. The van der Waals surface area contributed by atoms with Crippen LogP contribution in [0.5, 0.6) is 0 Å². The summed E-state index contributed by atoms with van der Waals surface area (Å²) >= 11 is 2.28. The summed E-state index contributed by atoms with van der Waals surface area (Å²) in [6.45, 7) is 22.3. The third kappa shape index (κ3) is 19.3. The molecule has 0 aromatic carbocycles. The highest BCUT2D eigenvalue weighted by Crippen LogP contribution is 2.52. The van der Waals surface area contributed by atoms with Gasteiger partial charge in [0.05, 0.1) is 9.74 Å². The molecule has 4 radical (unpaired) electrons. The highest BCUT2D eigenvalue weighted by Gasteiger charge is 2.53. The van der Waals surface area contributed by atoms with E-state index in [1.165, 1.54) is 0 Å². The van der Waals surface area contributed by atoms with Crippen molar-refractivity contribution in [3.63, 3.8) is 0 Å². The van der Waals surface area contributed by atoms with Crippen LogP contribution in [0.15, 0.2) is 0 Å². The molecule has 0 aliphatic heterocycles. The highest BCUT2D eigenvalue weighted by atomic mass is 32.2. The van der Waals surface area contributed by atoms with Crippen molar-refractivity contribution in [3.05, 3.63) is 0 Å². The molecule has 17 heteroatoms. The second kappa shape index (κ2) is 32.5. The topological polar surface area (TPSA) is 86.8 Å². The monoisotopic (exact) mass is 871 g/mol. The second-order valence-electron chi connectivity index (χ2n) is 14.5. The Balaban J connectivity index is 7.44. The van der Waals surface area contributed by atoms with E-state index >= 15 is 0 Å². The third-order valence-electron chi connectivity index (χ3n) is 11.2. The first-order valence-corrected chi connectivity index (χ1v) is 27.6. The van der Waals surface area contributed by atoms with Crippen LogP contribution in [0.2, 0.25) is 24.2 Å². The van der Waals surface area contributed by atoms with E-state index < -0.39 is 37.1 Å². The lowest BCUT2D eigenvalue weighted by Crippen LogP contribution is -2.65. The summed E-state index contributed by atoms with van der Waals surface area (Å²) in [5.74, 6) is 0.791. The molecule has 0 amide bonds. The van der Waals surface area contributed by atoms with Crippen molar-refractivity contribution < 1.29 is 35.4 Å². The Morgan fingerprint density at radius 3 is 0.945 bits per heavy atom. The van der Waals surface area contributed by atoms with Crippen LogP contribution in [0.4, 0.5) is 0 Å². The van der Waals surface area contributed by atoms with Gasteiger partial charge in [-0.05, 0) is 115 Å². The van der Waals surface area contributed by atoms with Gasteiger partial charge in [-0.2, -0.15) is 0 Å². The van der Waals surface area contributed by atoms with Crippen LogP contribution >= 0.6 is 11.8 Å². The van der Waals surface area contributed by atoms with Crippen LogP contribution in [0.1, 0.15) is 80.1 Å². The number of thioether (sulfide) groups is 1. The molecule has 0 rings (SSSR count). The Bertz CT molecular complexity index is 830. The van der Waals surface area contributed by atoms with E-state index in [2.05, 4.69) is 87.0 Å². The molecule has 4 atom stereocenters. The Labute approximate surface area is 351 Å². The number of nitrogens with zero attached hydrogens (tertiary/aromatic N) is 4. The smallest absolute Gasteiger partial charge is 0.384 e. The van der Waals surface area contributed by atoms with E-state index in [1.807, 2.05) is 0 Å². The van der Waals surface area contributed by atoms with Crippen LogP contribution in [0.3, 0.4) is 0 Å². The van der Waals surface area contributed by atoms with Crippen molar-refractivity contribution in [2.45, 2.75) is 114 Å². The van der Waals surface area contributed by atoms with E-state index in [4.69, 9.17) is 35.4 Å². The zero-order chi connectivity index (χ0) is 41.9. The van der Waals surface area contributed by atoms with Crippen molar-refractivity contribution in [2.75, 3.05) is 123 Å². The molecule has 55 heavy (non-hydrogen) atoms. The van der Waals surface area contributed by atoms with Gasteiger partial charge in [-0.3, -0.25) is 9.80 Å². The van der Waals surface area contributed by atoms with Gasteiger partial charge in [0.1, 0.15) is 0 Å². The largest absolute Gasteiger partial charge is 0.397 e. The summed E-state index contributed by atoms with van der Waals surface area (Å²) in [6.07, 6.45) is 6.44. The van der Waals surface area contributed by atoms with Crippen LogP contribution in [-0.4, -0.2) is 190 Å². The van der Waals surface area contributed by atoms with Gasteiger partial charge >= 0.3 is 37.1 Å². The maximum Gasteiger partial charge on any atom is 0.384 e. The summed E-state index contributed by atoms with van der Waals surface area (Å²) in [5.41, 5.74) is 0. The predicted molar refractivity (Wildman–Crippen MR) is 238 cm³/mol. The molecule has 4 unspecified atom stereocenters. The Morgan fingerprint density at radius 2 is 0.709 bits per heavy atom. The summed E-state index contributed by atoms with van der Waals surface area (Å²) in [5, 5.41) is 0. The molecule has 0 bridgehead atoms. The molecule has 0 aromatic rings. The molecule has 0 saturated heterocycles. The Morgan fingerprint density at radius 1 is 0.455 bits per heavy atom. The predicted octanol–water partition coefficient (Wildman–Crippen LogP) is 6.40. The lowest BCUT2D eigenvalue weighted by atomic mass is 9.92. The number of hydrogen-bond donors (Lipinski definition) is 0. The average molecular weight is 872 g/mol. The summed E-state index contributed by atoms with van der Waals surface area (Å²) in [4.78, 5) is 10.4. The van der Waals surface area contributed by atoms with Gasteiger partial charge in [0.25, 0.3) is 0 Å². The lowest BCUT2D eigenvalue weighted by Gasteiger charge is -2.58. The molecule has 0 aliphatic carbocycles. The molecule has 0 N–H and O–H groups in total. The van der Waals surface area contributed by atoms with Crippen molar-refractivity contribution >= 4 is 48.9 Å². The summed E-state index contributed by atoms with van der Waals surface area (Å²) < 4.78 is 45.6. The van der Waals surface area contributed by atoms with E-state index in [1.54, 1.807) is 56.9 Å². The molecule has 0 heterocycles. The maximum atomic E-state index is 5.75. The zero-order valence-corrected chi connectivity index (χ0v) is 43.2. The standard InChI is InChI=1S/C38H86N4O8SSi4/c1-17-41(18-2)37(35(5)25-21-29-52(43-9)44-10,33-39(7)27-23-31-54(47-13)48-14)51-38(42(19-3)20-4,36(6)26-22-30-53(45-11)46-12)34-40(8)28-24-32-55(49-15)50-16/h35-36H,17-34H2,1-16H3. The minimum Gasteiger partial charge on any atom is -0.397 e. The number of likely N-dealkylation sites (N-methyl/N-ethyl adjacent to an activating group) is 4. The van der Waals surface area contributed by atoms with Gasteiger partial charge < -0.3 is 45.2 Å². The van der Waals surface area contributed by atoms with Crippen LogP contribution in [0.25, 0.3) is 0 Å². The summed E-state index contributed by atoms with van der Waals surface area (Å²) in [7, 11) is 13.9. The summed E-state index contributed by atoms with van der Waals surface area (Å²) in [6, 6.07) is 3.89. The van der Waals surface area contributed by atoms with Gasteiger partial charge in [-0.15, -0.1) is 11.8 Å². The molecular formula is C38H86N4O8SSi4. The van der Waals surface area contributed by atoms with Crippen molar-refractivity contribution in [1.29, 1.82) is 0 Å². The van der Waals surface area contributed by atoms with Crippen LogP contribution < -0.4 is 0 Å². The normalized spacial score (nSPS) is 16.1. The van der Waals surface area contributed by atoms with Gasteiger partial charge in [-0.25, -0.2) is 0 Å². The van der Waals surface area contributed by atoms with E-state index in [9.17, 15) is 0 Å². The Kier molecular flexibility index (Phi) is 32.9. The van der Waals surface area contributed by atoms with Gasteiger partial charge in [0.15, 0.2) is 0 Å². The average Bonchev–Trinajstić information content (AvgIpc) is 3.18. The fraction of sp³-hybridized carbons (Fsp3) is 1.00. The van der Waals surface area contributed by atoms with E-state index in [-0.39, 0.29) is 9.74 Å². The van der Waals surface area contributed by atoms with Gasteiger partial charge in [0.2, 0.25) is 0 Å². The second-order valence-corrected chi connectivity index (χ2v) is 24.4. The maximum absolute atomic E-state index is 5.75. The molecular weight excluding hydrogens is 785 g/mol. The first-order chi connectivity index (χ1) is 26.3. The molecule has 328 valence electrons. The SMILES string of the molecule is CCN(CC)C(CN(C)CCC[Si](OC)OC)(SC(CN(C)CCC[Si](OC)OC)(C(C)CCC[Si](OC)OC)N(CC)CC)C(C)CCC[Si](OC)OC. The minimum absolute atomic E-state index is 0.171. The number of rotatable bonds is 38. The fourth-order valence-corrected chi connectivity index (χ4v) is 14.8. The molecule has 0 fully saturated rings. The molecule has 0 saturated carbocycles. The molecule has 0 aromatic heterocycles.